The number of nitrogens with one attached hydrogen (secondary N) is 1. The van der Waals surface area contributed by atoms with Gasteiger partial charge in [0.2, 0.25) is 0 Å². The number of hydrogen-bond acceptors (Lipinski definition) is 3. The first kappa shape index (κ1) is 13.2. The number of fused-ring (bicyclic) bond motifs is 1. The molecule has 1 N–H and O–H groups in total. The van der Waals surface area contributed by atoms with Crippen molar-refractivity contribution >= 4 is 48.0 Å². The molecule has 0 radical (unpaired) electrons. The van der Waals surface area contributed by atoms with Gasteiger partial charge in [-0.2, -0.15) is 0 Å². The molecule has 2 aromatic heterocycles. The minimum atomic E-state index is -0.181. The zero-order valence-electron chi connectivity index (χ0n) is 10.1. The van der Waals surface area contributed by atoms with Crippen LogP contribution in [0.4, 0.5) is 4.39 Å². The van der Waals surface area contributed by atoms with Crippen LogP contribution in [0.25, 0.3) is 9.40 Å². The van der Waals surface area contributed by atoms with Gasteiger partial charge in [-0.05, 0) is 42.8 Å². The quantitative estimate of drug-likeness (QED) is 0.682. The molecule has 0 bridgehead atoms. The predicted molar refractivity (Wildman–Crippen MR) is 84.7 cm³/mol. The van der Waals surface area contributed by atoms with E-state index in [0.29, 0.717) is 5.56 Å². The van der Waals surface area contributed by atoms with E-state index in [9.17, 15) is 4.39 Å². The normalized spacial score (nSPS) is 13.0. The minimum absolute atomic E-state index is 0.109. The second kappa shape index (κ2) is 5.32. The van der Waals surface area contributed by atoms with E-state index in [4.69, 9.17) is 0 Å². The number of halogens is 2. The van der Waals surface area contributed by atoms with Crippen LogP contribution >= 0.6 is 38.6 Å². The van der Waals surface area contributed by atoms with Crippen molar-refractivity contribution in [1.82, 2.24) is 5.32 Å². The fourth-order valence-corrected chi connectivity index (χ4v) is 4.74. The molecule has 0 saturated heterocycles. The van der Waals surface area contributed by atoms with Crippen LogP contribution in [0.15, 0.2) is 40.2 Å². The van der Waals surface area contributed by atoms with E-state index in [2.05, 4.69) is 38.8 Å². The molecule has 0 aliphatic carbocycles. The molecule has 19 heavy (non-hydrogen) atoms. The zero-order valence-corrected chi connectivity index (χ0v) is 13.3. The molecule has 0 amide bonds. The highest BCUT2D eigenvalue weighted by Gasteiger charge is 2.19. The fourth-order valence-electron chi connectivity index (χ4n) is 2.11. The molecule has 98 valence electrons. The van der Waals surface area contributed by atoms with Gasteiger partial charge in [-0.25, -0.2) is 4.39 Å². The molecule has 1 atom stereocenters. The molecule has 3 rings (SSSR count). The van der Waals surface area contributed by atoms with Crippen molar-refractivity contribution in [2.45, 2.75) is 6.04 Å². The Hall–Kier alpha value is -0.750. The van der Waals surface area contributed by atoms with Gasteiger partial charge in [-0.3, -0.25) is 0 Å². The highest BCUT2D eigenvalue weighted by molar-refractivity contribution is 9.10. The Bertz CT molecular complexity index is 691. The molecule has 0 aliphatic rings. The Kier molecular flexibility index (Phi) is 3.71. The minimum Gasteiger partial charge on any atom is -0.309 e. The van der Waals surface area contributed by atoms with Crippen molar-refractivity contribution in [3.8, 4) is 0 Å². The molecular formula is C14H11BrFNS2. The van der Waals surface area contributed by atoms with Gasteiger partial charge in [0.1, 0.15) is 5.82 Å². The summed E-state index contributed by atoms with van der Waals surface area (Å²) in [6, 6.07) is 9.20. The third-order valence-corrected chi connectivity index (χ3v) is 5.65. The van der Waals surface area contributed by atoms with Crippen LogP contribution in [0.2, 0.25) is 0 Å². The molecule has 0 aliphatic heterocycles. The second-order valence-electron chi connectivity index (χ2n) is 4.19. The fraction of sp³-hybridized carbons (Fsp3) is 0.143. The van der Waals surface area contributed by atoms with Crippen LogP contribution < -0.4 is 5.32 Å². The molecule has 1 nitrogen and oxygen atoms in total. The van der Waals surface area contributed by atoms with Gasteiger partial charge in [0.05, 0.1) is 6.04 Å². The van der Waals surface area contributed by atoms with Crippen LogP contribution in [0.3, 0.4) is 0 Å². The predicted octanol–water partition coefficient (Wildman–Crippen LogP) is 5.17. The molecule has 0 fully saturated rings. The van der Waals surface area contributed by atoms with Gasteiger partial charge >= 0.3 is 0 Å². The number of thiophene rings is 2. The summed E-state index contributed by atoms with van der Waals surface area (Å²) in [6.45, 7) is 0. The van der Waals surface area contributed by atoms with Crippen LogP contribution in [0, 0.1) is 5.82 Å². The molecule has 0 spiro atoms. The van der Waals surface area contributed by atoms with Crippen LogP contribution in [-0.2, 0) is 0 Å². The standard InChI is InChI=1S/C14H11BrFNS2/c1-17-14(9-6-8(15)2-3-10(9)16)13-7-12-11(19-13)4-5-18-12/h2-7,14,17H,1H3. The monoisotopic (exact) mass is 355 g/mol. The average molecular weight is 356 g/mol. The lowest BCUT2D eigenvalue weighted by molar-refractivity contribution is 0.579. The summed E-state index contributed by atoms with van der Waals surface area (Å²) in [5.74, 6) is -0.181. The second-order valence-corrected chi connectivity index (χ2v) is 7.16. The van der Waals surface area contributed by atoms with Crippen molar-refractivity contribution in [3.63, 3.8) is 0 Å². The first-order valence-corrected chi connectivity index (χ1v) is 8.27. The molecule has 1 unspecified atom stereocenters. The largest absolute Gasteiger partial charge is 0.309 e. The lowest BCUT2D eigenvalue weighted by Gasteiger charge is -2.16. The maximum absolute atomic E-state index is 14.0. The molecule has 2 heterocycles. The summed E-state index contributed by atoms with van der Waals surface area (Å²) in [6.07, 6.45) is 0. The van der Waals surface area contributed by atoms with E-state index in [1.165, 1.54) is 15.5 Å². The molecule has 0 saturated carbocycles. The highest BCUT2D eigenvalue weighted by Crippen LogP contribution is 2.36. The Labute approximate surface area is 127 Å². The van der Waals surface area contributed by atoms with Gasteiger partial charge in [-0.1, -0.05) is 15.9 Å². The summed E-state index contributed by atoms with van der Waals surface area (Å²) in [5, 5.41) is 5.29. The van der Waals surface area contributed by atoms with E-state index < -0.39 is 0 Å². The topological polar surface area (TPSA) is 12.0 Å². The number of rotatable bonds is 3. The Balaban J connectivity index is 2.09. The van der Waals surface area contributed by atoms with E-state index in [0.717, 1.165) is 9.35 Å². The molecule has 1 aromatic carbocycles. The van der Waals surface area contributed by atoms with E-state index in [1.54, 1.807) is 28.7 Å². The first-order chi connectivity index (χ1) is 9.19. The maximum Gasteiger partial charge on any atom is 0.128 e. The summed E-state index contributed by atoms with van der Waals surface area (Å²) < 4.78 is 17.4. The van der Waals surface area contributed by atoms with Crippen molar-refractivity contribution < 1.29 is 4.39 Å². The van der Waals surface area contributed by atoms with E-state index >= 15 is 0 Å². The molecule has 3 aromatic rings. The molecule has 5 heteroatoms. The van der Waals surface area contributed by atoms with Crippen LogP contribution in [-0.4, -0.2) is 7.05 Å². The van der Waals surface area contributed by atoms with Gasteiger partial charge < -0.3 is 5.32 Å². The SMILES string of the molecule is CNC(c1cc2sccc2s1)c1cc(Br)ccc1F. The summed E-state index contributed by atoms with van der Waals surface area (Å²) in [7, 11) is 1.86. The third kappa shape index (κ3) is 2.48. The molecular weight excluding hydrogens is 345 g/mol. The summed E-state index contributed by atoms with van der Waals surface area (Å²) in [5.41, 5.74) is 0.672. The van der Waals surface area contributed by atoms with E-state index in [1.807, 2.05) is 13.1 Å². The van der Waals surface area contributed by atoms with E-state index in [-0.39, 0.29) is 11.9 Å². The Morgan fingerprint density at radius 3 is 2.79 bits per heavy atom. The zero-order chi connectivity index (χ0) is 13.4. The number of hydrogen-bond donors (Lipinski definition) is 1. The van der Waals surface area contributed by atoms with Crippen LogP contribution in [0.5, 0.6) is 0 Å². The van der Waals surface area contributed by atoms with Crippen molar-refractivity contribution in [1.29, 1.82) is 0 Å². The van der Waals surface area contributed by atoms with Gasteiger partial charge in [0.15, 0.2) is 0 Å². The van der Waals surface area contributed by atoms with Crippen molar-refractivity contribution in [2.24, 2.45) is 0 Å². The van der Waals surface area contributed by atoms with Crippen molar-refractivity contribution in [3.05, 3.63) is 56.4 Å². The van der Waals surface area contributed by atoms with Gasteiger partial charge in [0, 0.05) is 24.3 Å². The Morgan fingerprint density at radius 1 is 1.21 bits per heavy atom. The third-order valence-electron chi connectivity index (χ3n) is 3.00. The first-order valence-electron chi connectivity index (χ1n) is 5.78. The summed E-state index contributed by atoms with van der Waals surface area (Å²) in [4.78, 5) is 1.14. The smallest absolute Gasteiger partial charge is 0.128 e. The maximum atomic E-state index is 14.0. The van der Waals surface area contributed by atoms with Gasteiger partial charge in [0.25, 0.3) is 0 Å². The average Bonchev–Trinajstić information content (AvgIpc) is 2.95. The summed E-state index contributed by atoms with van der Waals surface area (Å²) >= 11 is 6.83. The lowest BCUT2D eigenvalue weighted by atomic mass is 10.1. The van der Waals surface area contributed by atoms with Gasteiger partial charge in [-0.15, -0.1) is 22.7 Å². The number of benzene rings is 1. The van der Waals surface area contributed by atoms with Crippen LogP contribution in [0.1, 0.15) is 16.5 Å². The Morgan fingerprint density at radius 2 is 2.05 bits per heavy atom. The van der Waals surface area contributed by atoms with Crippen molar-refractivity contribution in [2.75, 3.05) is 7.05 Å². The highest BCUT2D eigenvalue weighted by atomic mass is 79.9. The lowest BCUT2D eigenvalue weighted by Crippen LogP contribution is -2.17.